The molecule has 0 fully saturated rings. The van der Waals surface area contributed by atoms with Crippen molar-refractivity contribution >= 4 is 12.1 Å². The van der Waals surface area contributed by atoms with E-state index in [1.165, 1.54) is 6.92 Å². The Morgan fingerprint density at radius 1 is 1.54 bits per heavy atom. The number of hydrogen-bond acceptors (Lipinski definition) is 2. The zero-order chi connectivity index (χ0) is 10.7. The van der Waals surface area contributed by atoms with Crippen LogP contribution in [0, 0.1) is 0 Å². The second-order valence-corrected chi connectivity index (χ2v) is 2.05. The number of carbonyl (C=O) groups is 1. The molecule has 78 valence electrons. The van der Waals surface area contributed by atoms with Crippen LogP contribution >= 0.6 is 0 Å². The Balaban J connectivity index is -0.000000376. The van der Waals surface area contributed by atoms with Gasteiger partial charge in [-0.1, -0.05) is 19.9 Å². The molecule has 0 rings (SSSR count). The van der Waals surface area contributed by atoms with Crippen molar-refractivity contribution in [2.45, 2.75) is 34.6 Å². The van der Waals surface area contributed by atoms with E-state index < -0.39 is 0 Å². The van der Waals surface area contributed by atoms with E-state index in [4.69, 9.17) is 0 Å². The SMILES string of the molecule is C/C=C(\C=NCC)NC(C)=O.CC.[HH]. The van der Waals surface area contributed by atoms with Crippen molar-refractivity contribution in [3.63, 3.8) is 0 Å². The summed E-state index contributed by atoms with van der Waals surface area (Å²) in [4.78, 5) is 14.6. The fourth-order valence-corrected chi connectivity index (χ4v) is 0.572. The predicted molar refractivity (Wildman–Crippen MR) is 60.1 cm³/mol. The minimum absolute atomic E-state index is 0. The van der Waals surface area contributed by atoms with Gasteiger partial charge >= 0.3 is 0 Å². The first-order valence-corrected chi connectivity index (χ1v) is 4.64. The molecule has 0 aliphatic heterocycles. The summed E-state index contributed by atoms with van der Waals surface area (Å²) in [5.74, 6) is -0.0688. The molecular formula is C10H22N2O. The van der Waals surface area contributed by atoms with Crippen molar-refractivity contribution in [2.75, 3.05) is 6.54 Å². The maximum Gasteiger partial charge on any atom is 0.221 e. The number of hydrogen-bond donors (Lipinski definition) is 1. The molecule has 0 heterocycles. The van der Waals surface area contributed by atoms with Crippen molar-refractivity contribution in [2.24, 2.45) is 4.99 Å². The Bertz CT molecular complexity index is 189. The molecule has 0 aromatic carbocycles. The van der Waals surface area contributed by atoms with Crippen LogP contribution in [0.2, 0.25) is 0 Å². The molecule has 0 spiro atoms. The van der Waals surface area contributed by atoms with E-state index in [0.29, 0.717) is 0 Å². The Labute approximate surface area is 82.4 Å². The molecular weight excluding hydrogens is 164 g/mol. The second kappa shape index (κ2) is 10.9. The van der Waals surface area contributed by atoms with E-state index in [9.17, 15) is 4.79 Å². The van der Waals surface area contributed by atoms with Crippen molar-refractivity contribution in [3.05, 3.63) is 11.8 Å². The summed E-state index contributed by atoms with van der Waals surface area (Å²) in [5, 5.41) is 2.64. The number of amides is 1. The van der Waals surface area contributed by atoms with Crippen LogP contribution in [0.3, 0.4) is 0 Å². The van der Waals surface area contributed by atoms with Crippen LogP contribution in [0.5, 0.6) is 0 Å². The third-order valence-electron chi connectivity index (χ3n) is 1.04. The molecule has 0 aromatic heterocycles. The normalized spacial score (nSPS) is 10.7. The molecule has 0 radical (unpaired) electrons. The van der Waals surface area contributed by atoms with Gasteiger partial charge in [-0.25, -0.2) is 0 Å². The molecule has 0 aliphatic rings. The van der Waals surface area contributed by atoms with Crippen LogP contribution in [0.4, 0.5) is 0 Å². The Morgan fingerprint density at radius 3 is 2.38 bits per heavy atom. The number of rotatable bonds is 3. The monoisotopic (exact) mass is 186 g/mol. The summed E-state index contributed by atoms with van der Waals surface area (Å²) in [6.45, 7) is 10.0. The van der Waals surface area contributed by atoms with Crippen molar-refractivity contribution in [1.82, 2.24) is 5.32 Å². The highest BCUT2D eigenvalue weighted by Crippen LogP contribution is 1.83. The molecule has 0 aliphatic carbocycles. The first-order chi connectivity index (χ1) is 6.20. The minimum Gasteiger partial charge on any atom is -0.325 e. The van der Waals surface area contributed by atoms with Crippen LogP contribution in [0.15, 0.2) is 16.8 Å². The average molecular weight is 186 g/mol. The van der Waals surface area contributed by atoms with Crippen LogP contribution in [0.1, 0.15) is 36.0 Å². The summed E-state index contributed by atoms with van der Waals surface area (Å²) >= 11 is 0. The highest BCUT2D eigenvalue weighted by molar-refractivity contribution is 5.86. The van der Waals surface area contributed by atoms with E-state index in [2.05, 4.69) is 10.3 Å². The maximum absolute atomic E-state index is 10.6. The maximum atomic E-state index is 10.6. The number of nitrogens with one attached hydrogen (secondary N) is 1. The standard InChI is InChI=1S/C8H14N2O.C2H6.H2/c1-4-8(6-9-5-2)10-7(3)11;1-2;/h4,6H,5H2,1-3H3,(H,10,11);1-2H3;1H/b8-4+,9-6?;;. The van der Waals surface area contributed by atoms with Gasteiger partial charge in [-0.3, -0.25) is 9.79 Å². The molecule has 0 saturated carbocycles. The van der Waals surface area contributed by atoms with E-state index in [-0.39, 0.29) is 7.33 Å². The summed E-state index contributed by atoms with van der Waals surface area (Å²) in [6, 6.07) is 0. The average Bonchev–Trinajstić information content (AvgIpc) is 2.15. The molecule has 0 saturated heterocycles. The van der Waals surface area contributed by atoms with Gasteiger partial charge < -0.3 is 5.32 Å². The quantitative estimate of drug-likeness (QED) is 0.675. The van der Waals surface area contributed by atoms with Crippen LogP contribution < -0.4 is 5.32 Å². The van der Waals surface area contributed by atoms with Crippen molar-refractivity contribution in [3.8, 4) is 0 Å². The summed E-state index contributed by atoms with van der Waals surface area (Å²) in [6.07, 6.45) is 3.46. The topological polar surface area (TPSA) is 41.5 Å². The van der Waals surface area contributed by atoms with Gasteiger partial charge in [0, 0.05) is 21.1 Å². The molecule has 1 N–H and O–H groups in total. The van der Waals surface area contributed by atoms with Gasteiger partial charge in [-0.15, -0.1) is 0 Å². The highest BCUT2D eigenvalue weighted by atomic mass is 16.1. The van der Waals surface area contributed by atoms with Crippen molar-refractivity contribution in [1.29, 1.82) is 0 Å². The smallest absolute Gasteiger partial charge is 0.221 e. The largest absolute Gasteiger partial charge is 0.325 e. The van der Waals surface area contributed by atoms with Gasteiger partial charge in [-0.05, 0) is 13.8 Å². The Hall–Kier alpha value is -1.12. The predicted octanol–water partition coefficient (Wildman–Crippen LogP) is 2.39. The molecule has 3 nitrogen and oxygen atoms in total. The lowest BCUT2D eigenvalue weighted by Gasteiger charge is -1.99. The van der Waals surface area contributed by atoms with Crippen LogP contribution in [-0.4, -0.2) is 18.7 Å². The van der Waals surface area contributed by atoms with E-state index in [1.807, 2.05) is 27.7 Å². The molecule has 0 atom stereocenters. The first kappa shape index (κ1) is 14.4. The second-order valence-electron chi connectivity index (χ2n) is 2.05. The fraction of sp³-hybridized carbons (Fsp3) is 0.600. The van der Waals surface area contributed by atoms with Crippen LogP contribution in [0.25, 0.3) is 0 Å². The van der Waals surface area contributed by atoms with Gasteiger partial charge in [0.15, 0.2) is 0 Å². The molecule has 1 amide bonds. The molecule has 13 heavy (non-hydrogen) atoms. The fourth-order valence-electron chi connectivity index (χ4n) is 0.572. The minimum atomic E-state index is -0.0688. The van der Waals surface area contributed by atoms with Gasteiger partial charge in [0.25, 0.3) is 0 Å². The Kier molecular flexibility index (Phi) is 12.1. The molecule has 3 heteroatoms. The summed E-state index contributed by atoms with van der Waals surface area (Å²) in [7, 11) is 0. The lowest BCUT2D eigenvalue weighted by Crippen LogP contribution is -2.19. The third kappa shape index (κ3) is 10.9. The van der Waals surface area contributed by atoms with Crippen molar-refractivity contribution < 1.29 is 6.22 Å². The van der Waals surface area contributed by atoms with Crippen LogP contribution in [-0.2, 0) is 4.79 Å². The first-order valence-electron chi connectivity index (χ1n) is 4.64. The number of nitrogens with zero attached hydrogens (tertiary/aromatic N) is 1. The molecule has 0 bridgehead atoms. The van der Waals surface area contributed by atoms with E-state index in [0.717, 1.165) is 12.2 Å². The lowest BCUT2D eigenvalue weighted by atomic mass is 10.4. The zero-order valence-electron chi connectivity index (χ0n) is 9.22. The highest BCUT2D eigenvalue weighted by Gasteiger charge is 1.92. The lowest BCUT2D eigenvalue weighted by molar-refractivity contribution is -0.118. The molecule has 0 aromatic rings. The third-order valence-corrected chi connectivity index (χ3v) is 1.04. The van der Waals surface area contributed by atoms with Gasteiger partial charge in [0.2, 0.25) is 5.91 Å². The Morgan fingerprint density at radius 2 is 2.08 bits per heavy atom. The number of aliphatic imine (C=N–C) groups is 1. The zero-order valence-corrected chi connectivity index (χ0v) is 9.22. The summed E-state index contributed by atoms with van der Waals surface area (Å²) in [5.41, 5.74) is 0.749. The van der Waals surface area contributed by atoms with Gasteiger partial charge in [0.05, 0.1) is 5.70 Å². The van der Waals surface area contributed by atoms with E-state index in [1.54, 1.807) is 12.3 Å². The van der Waals surface area contributed by atoms with Gasteiger partial charge in [0.1, 0.15) is 0 Å². The van der Waals surface area contributed by atoms with E-state index >= 15 is 0 Å². The number of allylic oxidation sites excluding steroid dienone is 2. The summed E-state index contributed by atoms with van der Waals surface area (Å²) < 4.78 is 0. The number of carbonyl (C=O) groups excluding carboxylic acids is 1. The molecule has 0 unspecified atom stereocenters. The van der Waals surface area contributed by atoms with Gasteiger partial charge in [-0.2, -0.15) is 0 Å².